The summed E-state index contributed by atoms with van der Waals surface area (Å²) in [6.45, 7) is 3.60. The van der Waals surface area contributed by atoms with Crippen LogP contribution in [0.5, 0.6) is 0 Å². The number of rotatable bonds is 7. The predicted octanol–water partition coefficient (Wildman–Crippen LogP) is 0.959. The van der Waals surface area contributed by atoms with E-state index in [1.807, 2.05) is 0 Å². The Morgan fingerprint density at radius 2 is 1.86 bits per heavy atom. The molecule has 0 aromatic heterocycles. The summed E-state index contributed by atoms with van der Waals surface area (Å²) in [7, 11) is 1.27. The average Bonchev–Trinajstić information content (AvgIpc) is 2.51. The second-order valence-electron chi connectivity index (χ2n) is 6.60. The number of nitrogens with two attached hydrogens (primary N) is 1. The van der Waals surface area contributed by atoms with Gasteiger partial charge in [0.25, 0.3) is 5.91 Å². The highest BCUT2D eigenvalue weighted by atomic mass is 16.5. The van der Waals surface area contributed by atoms with Gasteiger partial charge in [-0.05, 0) is 18.3 Å². The highest BCUT2D eigenvalue weighted by molar-refractivity contribution is 5.87. The summed E-state index contributed by atoms with van der Waals surface area (Å²) in [4.78, 5) is 23.8. The van der Waals surface area contributed by atoms with E-state index in [-0.39, 0.29) is 5.92 Å². The first-order valence-corrected chi connectivity index (χ1v) is 8.18. The molecule has 4 N–H and O–H groups in total. The van der Waals surface area contributed by atoms with E-state index in [0.717, 1.165) is 12.8 Å². The molecule has 0 saturated heterocycles. The molecule has 0 aromatic rings. The minimum Gasteiger partial charge on any atom is -0.467 e. The van der Waals surface area contributed by atoms with Crippen LogP contribution in [0, 0.1) is 11.8 Å². The van der Waals surface area contributed by atoms with Gasteiger partial charge in [0.1, 0.15) is 12.1 Å². The molecule has 1 aliphatic carbocycles. The predicted molar refractivity (Wildman–Crippen MR) is 84.0 cm³/mol. The molecule has 1 fully saturated rings. The van der Waals surface area contributed by atoms with Crippen molar-refractivity contribution < 1.29 is 19.4 Å². The van der Waals surface area contributed by atoms with E-state index in [9.17, 15) is 14.7 Å². The van der Waals surface area contributed by atoms with Crippen LogP contribution in [-0.2, 0) is 14.3 Å². The van der Waals surface area contributed by atoms with Crippen LogP contribution >= 0.6 is 0 Å². The molecule has 128 valence electrons. The number of aliphatic hydroxyl groups is 1. The number of amides is 1. The zero-order valence-corrected chi connectivity index (χ0v) is 13.9. The third kappa shape index (κ3) is 5.57. The fourth-order valence-corrected chi connectivity index (χ4v) is 2.99. The van der Waals surface area contributed by atoms with Gasteiger partial charge in [-0.25, -0.2) is 4.79 Å². The van der Waals surface area contributed by atoms with Gasteiger partial charge < -0.3 is 20.9 Å². The number of esters is 1. The fourth-order valence-electron chi connectivity index (χ4n) is 2.99. The van der Waals surface area contributed by atoms with Crippen LogP contribution in [0.4, 0.5) is 0 Å². The van der Waals surface area contributed by atoms with Gasteiger partial charge in [0.05, 0.1) is 7.11 Å². The molecule has 2 unspecified atom stereocenters. The minimum absolute atomic E-state index is 0.127. The van der Waals surface area contributed by atoms with Crippen LogP contribution in [0.2, 0.25) is 0 Å². The number of carbonyl (C=O) groups excluding carboxylic acids is 2. The van der Waals surface area contributed by atoms with Crippen LogP contribution in [0.25, 0.3) is 0 Å². The summed E-state index contributed by atoms with van der Waals surface area (Å²) in [5.41, 5.74) is 5.98. The Hall–Kier alpha value is -1.14. The van der Waals surface area contributed by atoms with Crippen molar-refractivity contribution in [1.82, 2.24) is 5.32 Å². The molecule has 1 rings (SSSR count). The van der Waals surface area contributed by atoms with Gasteiger partial charge in [0.15, 0.2) is 0 Å². The van der Waals surface area contributed by atoms with Crippen LogP contribution < -0.4 is 11.1 Å². The van der Waals surface area contributed by atoms with Crippen molar-refractivity contribution in [2.45, 2.75) is 70.6 Å². The maximum absolute atomic E-state index is 12.1. The van der Waals surface area contributed by atoms with E-state index in [1.54, 1.807) is 13.8 Å². The Morgan fingerprint density at radius 3 is 2.36 bits per heavy atom. The largest absolute Gasteiger partial charge is 0.467 e. The zero-order valence-electron chi connectivity index (χ0n) is 13.9. The van der Waals surface area contributed by atoms with Gasteiger partial charge in [-0.3, -0.25) is 4.79 Å². The maximum atomic E-state index is 12.1. The van der Waals surface area contributed by atoms with E-state index < -0.39 is 30.1 Å². The Kier molecular flexibility index (Phi) is 7.82. The highest BCUT2D eigenvalue weighted by Crippen LogP contribution is 2.27. The lowest BCUT2D eigenvalue weighted by molar-refractivity contribution is -0.147. The van der Waals surface area contributed by atoms with Crippen LogP contribution in [-0.4, -0.2) is 42.3 Å². The number of nitrogens with one attached hydrogen (secondary N) is 1. The molecule has 6 heteroatoms. The smallest absolute Gasteiger partial charge is 0.328 e. The Balaban J connectivity index is 2.52. The molecule has 1 amide bonds. The summed E-state index contributed by atoms with van der Waals surface area (Å²) in [5, 5.41) is 12.7. The molecular weight excluding hydrogens is 284 g/mol. The van der Waals surface area contributed by atoms with E-state index in [2.05, 4.69) is 10.1 Å². The average molecular weight is 314 g/mol. The molecule has 0 heterocycles. The molecule has 6 nitrogen and oxygen atoms in total. The second kappa shape index (κ2) is 9.10. The molecule has 0 bridgehead atoms. The standard InChI is InChI=1S/C16H30N2O4/c1-10(2)13(16(21)22-3)18-15(20)14(19)12(17)9-11-7-5-4-6-8-11/h10-14,19H,4-9,17H2,1-3H3,(H,18,20)/t12-,13?,14?/m1/s1. The summed E-state index contributed by atoms with van der Waals surface area (Å²) >= 11 is 0. The van der Waals surface area contributed by atoms with Gasteiger partial charge >= 0.3 is 5.97 Å². The third-order valence-corrected chi connectivity index (χ3v) is 4.42. The normalized spacial score (nSPS) is 20.3. The van der Waals surface area contributed by atoms with E-state index >= 15 is 0 Å². The Morgan fingerprint density at radius 1 is 1.27 bits per heavy atom. The first kappa shape index (κ1) is 18.9. The molecule has 22 heavy (non-hydrogen) atoms. The topological polar surface area (TPSA) is 102 Å². The molecular formula is C16H30N2O4. The molecule has 0 radical (unpaired) electrons. The fraction of sp³-hybridized carbons (Fsp3) is 0.875. The number of aliphatic hydroxyl groups excluding tert-OH is 1. The van der Waals surface area contributed by atoms with Gasteiger partial charge in [-0.1, -0.05) is 46.0 Å². The summed E-state index contributed by atoms with van der Waals surface area (Å²) < 4.78 is 4.67. The van der Waals surface area contributed by atoms with Crippen molar-refractivity contribution in [3.63, 3.8) is 0 Å². The SMILES string of the molecule is COC(=O)C(NC(=O)C(O)[C@H](N)CC1CCCCC1)C(C)C. The lowest BCUT2D eigenvalue weighted by Crippen LogP contribution is -2.53. The number of carbonyl (C=O) groups is 2. The summed E-state index contributed by atoms with van der Waals surface area (Å²) in [5.74, 6) is -0.769. The molecule has 0 aliphatic heterocycles. The van der Waals surface area contributed by atoms with Crippen LogP contribution in [0.15, 0.2) is 0 Å². The van der Waals surface area contributed by atoms with Crippen molar-refractivity contribution >= 4 is 11.9 Å². The molecule has 0 aromatic carbocycles. The van der Waals surface area contributed by atoms with Crippen LogP contribution in [0.1, 0.15) is 52.4 Å². The van der Waals surface area contributed by atoms with Crippen molar-refractivity contribution in [2.24, 2.45) is 17.6 Å². The van der Waals surface area contributed by atoms with Gasteiger partial charge in [0.2, 0.25) is 0 Å². The minimum atomic E-state index is -1.30. The van der Waals surface area contributed by atoms with Gasteiger partial charge in [-0.15, -0.1) is 0 Å². The summed E-state index contributed by atoms with van der Waals surface area (Å²) in [6, 6.07) is -1.37. The molecule has 0 spiro atoms. The monoisotopic (exact) mass is 314 g/mol. The van der Waals surface area contributed by atoms with Gasteiger partial charge in [0, 0.05) is 6.04 Å². The van der Waals surface area contributed by atoms with Gasteiger partial charge in [-0.2, -0.15) is 0 Å². The van der Waals surface area contributed by atoms with E-state index in [1.165, 1.54) is 26.4 Å². The molecule has 1 aliphatic rings. The molecule has 1 saturated carbocycles. The number of methoxy groups -OCH3 is 1. The van der Waals surface area contributed by atoms with E-state index in [4.69, 9.17) is 5.73 Å². The van der Waals surface area contributed by atoms with Crippen molar-refractivity contribution in [1.29, 1.82) is 0 Å². The zero-order chi connectivity index (χ0) is 16.7. The lowest BCUT2D eigenvalue weighted by Gasteiger charge is -2.28. The Labute approximate surface area is 132 Å². The van der Waals surface area contributed by atoms with Crippen molar-refractivity contribution in [3.05, 3.63) is 0 Å². The van der Waals surface area contributed by atoms with Crippen molar-refractivity contribution in [2.75, 3.05) is 7.11 Å². The molecule has 3 atom stereocenters. The van der Waals surface area contributed by atoms with E-state index in [0.29, 0.717) is 12.3 Å². The first-order chi connectivity index (χ1) is 10.4. The van der Waals surface area contributed by atoms with Crippen molar-refractivity contribution in [3.8, 4) is 0 Å². The number of hydrogen-bond donors (Lipinski definition) is 3. The first-order valence-electron chi connectivity index (χ1n) is 8.18. The third-order valence-electron chi connectivity index (χ3n) is 4.42. The lowest BCUT2D eigenvalue weighted by atomic mass is 9.84. The van der Waals surface area contributed by atoms with Crippen LogP contribution in [0.3, 0.4) is 0 Å². The number of hydrogen-bond acceptors (Lipinski definition) is 5. The number of ether oxygens (including phenoxy) is 1. The quantitative estimate of drug-likeness (QED) is 0.608. The highest BCUT2D eigenvalue weighted by Gasteiger charge is 2.31. The summed E-state index contributed by atoms with van der Waals surface area (Å²) in [6.07, 6.45) is 5.20. The maximum Gasteiger partial charge on any atom is 0.328 e. The second-order valence-corrected chi connectivity index (χ2v) is 6.60. The Bertz CT molecular complexity index is 367.